The van der Waals surface area contributed by atoms with Crippen LogP contribution in [0.3, 0.4) is 0 Å². The molecule has 0 heterocycles. The molecule has 0 aromatic rings. The summed E-state index contributed by atoms with van der Waals surface area (Å²) < 4.78 is 0. The Hall–Kier alpha value is -1.10. The third-order valence-corrected chi connectivity index (χ3v) is 1.63. The van der Waals surface area contributed by atoms with E-state index < -0.39 is 23.4 Å². The van der Waals surface area contributed by atoms with Crippen molar-refractivity contribution >= 4 is 11.9 Å². The third-order valence-electron chi connectivity index (χ3n) is 1.63. The van der Waals surface area contributed by atoms with Crippen molar-refractivity contribution in [1.29, 1.82) is 0 Å². The number of aliphatic carboxylic acids is 2. The Bertz CT molecular complexity index is 200. The maximum absolute atomic E-state index is 10.5. The Morgan fingerprint density at radius 2 is 1.83 bits per heavy atom. The molecule has 1 atom stereocenters. The molecule has 0 aromatic heterocycles. The number of carbonyl (C=O) groups is 2. The van der Waals surface area contributed by atoms with Gasteiger partial charge < -0.3 is 15.9 Å². The van der Waals surface area contributed by atoms with Crippen molar-refractivity contribution in [2.75, 3.05) is 0 Å². The van der Waals surface area contributed by atoms with E-state index in [9.17, 15) is 9.59 Å². The molecular weight excluding hydrogens is 162 g/mol. The van der Waals surface area contributed by atoms with E-state index in [4.69, 9.17) is 15.9 Å². The fourth-order valence-electron chi connectivity index (χ4n) is 0.724. The number of carboxylic acid groups (broad SMARTS) is 2. The van der Waals surface area contributed by atoms with Crippen LogP contribution in [0.5, 0.6) is 0 Å². The summed E-state index contributed by atoms with van der Waals surface area (Å²) in [5.74, 6) is -2.22. The maximum Gasteiger partial charge on any atom is 0.320 e. The Morgan fingerprint density at radius 1 is 1.42 bits per heavy atom. The lowest BCUT2D eigenvalue weighted by Gasteiger charge is -2.20. The topological polar surface area (TPSA) is 101 Å². The average Bonchev–Trinajstić information content (AvgIpc) is 1.85. The summed E-state index contributed by atoms with van der Waals surface area (Å²) in [6.07, 6.45) is -0.0718. The number of hydrogen-bond donors (Lipinski definition) is 3. The Morgan fingerprint density at radius 3 is 2.08 bits per heavy atom. The molecule has 5 heteroatoms. The summed E-state index contributed by atoms with van der Waals surface area (Å²) in [6, 6.07) is -1.11. The van der Waals surface area contributed by atoms with Gasteiger partial charge in [-0.1, -0.05) is 0 Å². The zero-order valence-electron chi connectivity index (χ0n) is 7.07. The SMILES string of the molecule is CC(C)(C[C@H](N)C(=O)O)C(=O)O. The van der Waals surface area contributed by atoms with Gasteiger partial charge in [0.15, 0.2) is 0 Å². The molecule has 0 spiro atoms. The Balaban J connectivity index is 4.24. The molecule has 0 unspecified atom stereocenters. The van der Waals surface area contributed by atoms with E-state index in [1.807, 2.05) is 0 Å². The van der Waals surface area contributed by atoms with Crippen LogP contribution in [0.1, 0.15) is 20.3 Å². The molecule has 0 saturated heterocycles. The molecule has 0 aliphatic heterocycles. The fraction of sp³-hybridized carbons (Fsp3) is 0.714. The highest BCUT2D eigenvalue weighted by molar-refractivity contribution is 5.77. The number of carboxylic acids is 2. The lowest BCUT2D eigenvalue weighted by molar-refractivity contribution is -0.148. The van der Waals surface area contributed by atoms with E-state index in [0.717, 1.165) is 0 Å². The fourth-order valence-corrected chi connectivity index (χ4v) is 0.724. The Labute approximate surface area is 70.2 Å². The van der Waals surface area contributed by atoms with Gasteiger partial charge in [0.05, 0.1) is 5.41 Å². The minimum absolute atomic E-state index is 0.0718. The third kappa shape index (κ3) is 2.87. The van der Waals surface area contributed by atoms with Crippen molar-refractivity contribution in [1.82, 2.24) is 0 Å². The van der Waals surface area contributed by atoms with E-state index in [0.29, 0.717) is 0 Å². The first kappa shape index (κ1) is 10.9. The van der Waals surface area contributed by atoms with Gasteiger partial charge in [0.25, 0.3) is 0 Å². The van der Waals surface area contributed by atoms with Crippen LogP contribution in [0.2, 0.25) is 0 Å². The van der Waals surface area contributed by atoms with Gasteiger partial charge in [-0.3, -0.25) is 9.59 Å². The van der Waals surface area contributed by atoms with Crippen LogP contribution in [0.15, 0.2) is 0 Å². The highest BCUT2D eigenvalue weighted by Gasteiger charge is 2.31. The number of hydrogen-bond acceptors (Lipinski definition) is 3. The predicted molar refractivity (Wildman–Crippen MR) is 41.6 cm³/mol. The van der Waals surface area contributed by atoms with E-state index in [2.05, 4.69) is 0 Å². The first-order chi connectivity index (χ1) is 5.27. The van der Waals surface area contributed by atoms with Crippen LogP contribution in [0.4, 0.5) is 0 Å². The molecule has 70 valence electrons. The predicted octanol–water partition coefficient (Wildman–Crippen LogP) is -0.101. The highest BCUT2D eigenvalue weighted by atomic mass is 16.4. The van der Waals surface area contributed by atoms with Crippen LogP contribution in [0.25, 0.3) is 0 Å². The minimum Gasteiger partial charge on any atom is -0.481 e. The molecule has 0 aliphatic rings. The largest absolute Gasteiger partial charge is 0.481 e. The molecule has 0 fully saturated rings. The molecule has 5 nitrogen and oxygen atoms in total. The second-order valence-electron chi connectivity index (χ2n) is 3.34. The normalized spacial score (nSPS) is 13.9. The molecule has 0 amide bonds. The minimum atomic E-state index is -1.18. The molecular formula is C7H13NO4. The second-order valence-corrected chi connectivity index (χ2v) is 3.34. The average molecular weight is 175 g/mol. The zero-order valence-corrected chi connectivity index (χ0v) is 7.07. The van der Waals surface area contributed by atoms with Crippen molar-refractivity contribution in [3.63, 3.8) is 0 Å². The van der Waals surface area contributed by atoms with Crippen molar-refractivity contribution in [2.45, 2.75) is 26.3 Å². The highest BCUT2D eigenvalue weighted by Crippen LogP contribution is 2.21. The summed E-state index contributed by atoms with van der Waals surface area (Å²) >= 11 is 0. The molecule has 12 heavy (non-hydrogen) atoms. The monoisotopic (exact) mass is 175 g/mol. The smallest absolute Gasteiger partial charge is 0.320 e. The summed E-state index contributed by atoms with van der Waals surface area (Å²) in [4.78, 5) is 20.8. The molecule has 0 radical (unpaired) electrons. The number of nitrogens with two attached hydrogens (primary N) is 1. The van der Waals surface area contributed by atoms with E-state index in [-0.39, 0.29) is 6.42 Å². The summed E-state index contributed by atoms with van der Waals surface area (Å²) in [6.45, 7) is 2.89. The van der Waals surface area contributed by atoms with Gasteiger partial charge in [-0.25, -0.2) is 0 Å². The summed E-state index contributed by atoms with van der Waals surface area (Å²) in [7, 11) is 0. The zero-order chi connectivity index (χ0) is 9.94. The molecule has 0 bridgehead atoms. The molecule has 0 saturated carbocycles. The first-order valence-corrected chi connectivity index (χ1v) is 3.49. The lowest BCUT2D eigenvalue weighted by Crippen LogP contribution is -2.38. The lowest BCUT2D eigenvalue weighted by atomic mass is 9.86. The van der Waals surface area contributed by atoms with Crippen LogP contribution < -0.4 is 5.73 Å². The molecule has 0 rings (SSSR count). The quantitative estimate of drug-likeness (QED) is 0.553. The van der Waals surface area contributed by atoms with Gasteiger partial charge in [0, 0.05) is 0 Å². The van der Waals surface area contributed by atoms with E-state index in [1.165, 1.54) is 13.8 Å². The van der Waals surface area contributed by atoms with Gasteiger partial charge in [-0.15, -0.1) is 0 Å². The van der Waals surface area contributed by atoms with Crippen LogP contribution >= 0.6 is 0 Å². The maximum atomic E-state index is 10.5. The van der Waals surface area contributed by atoms with Gasteiger partial charge in [-0.05, 0) is 20.3 Å². The van der Waals surface area contributed by atoms with Crippen molar-refractivity contribution in [3.8, 4) is 0 Å². The second kappa shape index (κ2) is 3.53. The van der Waals surface area contributed by atoms with Gasteiger partial charge in [0.2, 0.25) is 0 Å². The van der Waals surface area contributed by atoms with Crippen LogP contribution in [-0.2, 0) is 9.59 Å². The molecule has 4 N–H and O–H groups in total. The van der Waals surface area contributed by atoms with Crippen molar-refractivity contribution < 1.29 is 19.8 Å². The Kier molecular flexibility index (Phi) is 3.21. The van der Waals surface area contributed by atoms with E-state index in [1.54, 1.807) is 0 Å². The van der Waals surface area contributed by atoms with Crippen LogP contribution in [-0.4, -0.2) is 28.2 Å². The van der Waals surface area contributed by atoms with E-state index >= 15 is 0 Å². The van der Waals surface area contributed by atoms with Gasteiger partial charge in [-0.2, -0.15) is 0 Å². The van der Waals surface area contributed by atoms with Gasteiger partial charge >= 0.3 is 11.9 Å². The molecule has 0 aliphatic carbocycles. The standard InChI is InChI=1S/C7H13NO4/c1-7(2,6(11)12)3-4(8)5(9)10/h4H,3,8H2,1-2H3,(H,9,10)(H,11,12)/t4-/m0/s1. The van der Waals surface area contributed by atoms with Crippen LogP contribution in [0, 0.1) is 5.41 Å². The van der Waals surface area contributed by atoms with Crippen molar-refractivity contribution in [3.05, 3.63) is 0 Å². The first-order valence-electron chi connectivity index (χ1n) is 3.49. The summed E-state index contributed by atoms with van der Waals surface area (Å²) in [5.41, 5.74) is 4.09. The summed E-state index contributed by atoms with van der Waals surface area (Å²) in [5, 5.41) is 17.0. The number of rotatable bonds is 4. The van der Waals surface area contributed by atoms with Crippen molar-refractivity contribution in [2.24, 2.45) is 11.1 Å². The van der Waals surface area contributed by atoms with Gasteiger partial charge in [0.1, 0.15) is 6.04 Å². The molecule has 0 aromatic carbocycles.